The van der Waals surface area contributed by atoms with Crippen LogP contribution in [0.1, 0.15) is 22.3 Å². The Kier molecular flexibility index (Phi) is 5.04. The van der Waals surface area contributed by atoms with Gasteiger partial charge in [-0.15, -0.1) is 0 Å². The van der Waals surface area contributed by atoms with E-state index in [0.29, 0.717) is 0 Å². The summed E-state index contributed by atoms with van der Waals surface area (Å²) in [6.07, 6.45) is 5.99. The number of nitrogens with zero attached hydrogens (tertiary/aromatic N) is 3. The monoisotopic (exact) mass is 511 g/mol. The van der Waals surface area contributed by atoms with Crippen LogP contribution in [-0.4, -0.2) is 14.5 Å². The maximum atomic E-state index is 4.74. The van der Waals surface area contributed by atoms with E-state index in [1.54, 1.807) is 0 Å². The fraction of sp³-hybridized carbons (Fsp3) is 0.0270. The summed E-state index contributed by atoms with van der Waals surface area (Å²) in [5.74, 6) is 0.726. The number of hydrogen-bond donors (Lipinski definition) is 0. The molecule has 0 unspecified atom stereocenters. The molecule has 0 spiro atoms. The average molecular weight is 512 g/mol. The molecule has 5 aromatic carbocycles. The third-order valence-electron chi connectivity index (χ3n) is 8.22. The highest BCUT2D eigenvalue weighted by molar-refractivity contribution is 6.03. The lowest BCUT2D eigenvalue weighted by Gasteiger charge is -2.33. The van der Waals surface area contributed by atoms with Gasteiger partial charge in [-0.05, 0) is 33.9 Å². The highest BCUT2D eigenvalue weighted by Gasteiger charge is 2.46. The van der Waals surface area contributed by atoms with E-state index in [1.165, 1.54) is 44.3 Å². The molecule has 0 bridgehead atoms. The van der Waals surface area contributed by atoms with Crippen molar-refractivity contribution in [1.29, 1.82) is 0 Å². The molecule has 0 aliphatic heterocycles. The van der Waals surface area contributed by atoms with Crippen molar-refractivity contribution in [3.63, 3.8) is 0 Å². The SMILES string of the molecule is c1ccc(-c2ncc(-n3ccc4ccc5c(c43)-c3ccccc3C5(c3ccccc3)c3ccccc3)cn2)cc1. The summed E-state index contributed by atoms with van der Waals surface area (Å²) in [7, 11) is 0. The highest BCUT2D eigenvalue weighted by Crippen LogP contribution is 2.57. The first-order chi connectivity index (χ1) is 19.9. The zero-order chi connectivity index (χ0) is 26.5. The van der Waals surface area contributed by atoms with Crippen LogP contribution in [0.3, 0.4) is 0 Å². The van der Waals surface area contributed by atoms with Crippen molar-refractivity contribution in [3.05, 3.63) is 174 Å². The van der Waals surface area contributed by atoms with Gasteiger partial charge in [0.15, 0.2) is 5.82 Å². The van der Waals surface area contributed by atoms with Gasteiger partial charge >= 0.3 is 0 Å². The zero-order valence-electron chi connectivity index (χ0n) is 21.8. The largest absolute Gasteiger partial charge is 0.313 e. The van der Waals surface area contributed by atoms with Crippen LogP contribution in [0.25, 0.3) is 39.1 Å². The molecule has 0 atom stereocenters. The van der Waals surface area contributed by atoms with Crippen LogP contribution < -0.4 is 0 Å². The molecule has 1 aliphatic rings. The molecule has 1 aliphatic carbocycles. The quantitative estimate of drug-likeness (QED) is 0.237. The number of benzene rings is 5. The summed E-state index contributed by atoms with van der Waals surface area (Å²) in [5.41, 5.74) is 10.4. The molecule has 188 valence electrons. The fourth-order valence-corrected chi connectivity index (χ4v) is 6.55. The fourth-order valence-electron chi connectivity index (χ4n) is 6.55. The van der Waals surface area contributed by atoms with Gasteiger partial charge in [0.25, 0.3) is 0 Å². The van der Waals surface area contributed by atoms with E-state index in [4.69, 9.17) is 9.97 Å². The molecule has 0 N–H and O–H groups in total. The average Bonchev–Trinajstić information content (AvgIpc) is 3.60. The van der Waals surface area contributed by atoms with Gasteiger partial charge in [0.2, 0.25) is 0 Å². The Balaban J connectivity index is 1.42. The Labute approximate surface area is 233 Å². The second-order valence-corrected chi connectivity index (χ2v) is 10.3. The summed E-state index contributed by atoms with van der Waals surface area (Å²) in [6.45, 7) is 0. The van der Waals surface area contributed by atoms with E-state index in [2.05, 4.69) is 114 Å². The van der Waals surface area contributed by atoms with Gasteiger partial charge in [0.1, 0.15) is 0 Å². The van der Waals surface area contributed by atoms with Gasteiger partial charge in [-0.2, -0.15) is 0 Å². The molecule has 0 fully saturated rings. The lowest BCUT2D eigenvalue weighted by Crippen LogP contribution is -2.28. The van der Waals surface area contributed by atoms with E-state index < -0.39 is 5.41 Å². The third kappa shape index (κ3) is 3.18. The smallest absolute Gasteiger partial charge is 0.159 e. The Hall–Kier alpha value is -5.28. The second kappa shape index (κ2) is 8.89. The molecule has 0 saturated heterocycles. The topological polar surface area (TPSA) is 30.7 Å². The maximum Gasteiger partial charge on any atom is 0.159 e. The Morgan fingerprint density at radius 3 is 1.80 bits per heavy atom. The standard InChI is InChI=1S/C37H25N3/c1-4-12-27(13-5-1)36-38-24-30(25-39-36)40-23-22-26-20-21-33-34(35(26)40)31-18-10-11-19-32(31)37(33,28-14-6-2-7-15-28)29-16-8-3-9-17-29/h1-25H. The van der Waals surface area contributed by atoms with Crippen molar-refractivity contribution in [2.24, 2.45) is 0 Å². The number of hydrogen-bond acceptors (Lipinski definition) is 2. The Morgan fingerprint density at radius 1 is 0.525 bits per heavy atom. The van der Waals surface area contributed by atoms with Gasteiger partial charge in [-0.1, -0.05) is 127 Å². The van der Waals surface area contributed by atoms with Crippen molar-refractivity contribution < 1.29 is 0 Å². The summed E-state index contributed by atoms with van der Waals surface area (Å²) in [5, 5.41) is 1.19. The van der Waals surface area contributed by atoms with E-state index in [0.717, 1.165) is 17.1 Å². The van der Waals surface area contributed by atoms with E-state index in [-0.39, 0.29) is 0 Å². The molecule has 2 heterocycles. The predicted octanol–water partition coefficient (Wildman–Crippen LogP) is 8.45. The molecular formula is C37H25N3. The molecular weight excluding hydrogens is 486 g/mol. The minimum atomic E-state index is -0.425. The minimum absolute atomic E-state index is 0.425. The van der Waals surface area contributed by atoms with Crippen LogP contribution in [0.5, 0.6) is 0 Å². The number of rotatable bonds is 4. The zero-order valence-corrected chi connectivity index (χ0v) is 21.8. The van der Waals surface area contributed by atoms with Crippen LogP contribution >= 0.6 is 0 Å². The number of fused-ring (bicyclic) bond motifs is 5. The van der Waals surface area contributed by atoms with Crippen LogP contribution in [-0.2, 0) is 5.41 Å². The van der Waals surface area contributed by atoms with Gasteiger partial charge in [0.05, 0.1) is 29.0 Å². The predicted molar refractivity (Wildman–Crippen MR) is 162 cm³/mol. The normalized spacial score (nSPS) is 13.2. The maximum absolute atomic E-state index is 4.74. The van der Waals surface area contributed by atoms with Crippen LogP contribution in [0, 0.1) is 0 Å². The van der Waals surface area contributed by atoms with Crippen molar-refractivity contribution in [2.75, 3.05) is 0 Å². The molecule has 0 radical (unpaired) electrons. The summed E-state index contributed by atoms with van der Waals surface area (Å²) in [4.78, 5) is 9.48. The summed E-state index contributed by atoms with van der Waals surface area (Å²) < 4.78 is 2.24. The first-order valence-corrected chi connectivity index (χ1v) is 13.6. The summed E-state index contributed by atoms with van der Waals surface area (Å²) in [6, 6.07) is 47.6. The molecule has 3 heteroatoms. The first kappa shape index (κ1) is 22.7. The molecule has 8 rings (SSSR count). The van der Waals surface area contributed by atoms with E-state index >= 15 is 0 Å². The number of aromatic nitrogens is 3. The summed E-state index contributed by atoms with van der Waals surface area (Å²) >= 11 is 0. The molecule has 0 saturated carbocycles. The Bertz CT molecular complexity index is 1930. The van der Waals surface area contributed by atoms with Crippen molar-refractivity contribution in [3.8, 4) is 28.2 Å². The van der Waals surface area contributed by atoms with Crippen molar-refractivity contribution in [1.82, 2.24) is 14.5 Å². The van der Waals surface area contributed by atoms with Crippen molar-refractivity contribution in [2.45, 2.75) is 5.41 Å². The molecule has 40 heavy (non-hydrogen) atoms. The van der Waals surface area contributed by atoms with Gasteiger partial charge in [0, 0.05) is 22.7 Å². The second-order valence-electron chi connectivity index (χ2n) is 10.3. The van der Waals surface area contributed by atoms with Crippen LogP contribution in [0.2, 0.25) is 0 Å². The lowest BCUT2D eigenvalue weighted by atomic mass is 9.67. The molecule has 3 nitrogen and oxygen atoms in total. The van der Waals surface area contributed by atoms with Gasteiger partial charge in [-0.25, -0.2) is 9.97 Å². The van der Waals surface area contributed by atoms with Crippen LogP contribution in [0.15, 0.2) is 152 Å². The van der Waals surface area contributed by atoms with Gasteiger partial charge in [-0.3, -0.25) is 0 Å². The Morgan fingerprint density at radius 2 is 1.12 bits per heavy atom. The minimum Gasteiger partial charge on any atom is -0.313 e. The van der Waals surface area contributed by atoms with E-state index in [9.17, 15) is 0 Å². The highest BCUT2D eigenvalue weighted by atomic mass is 15.0. The van der Waals surface area contributed by atoms with Crippen LogP contribution in [0.4, 0.5) is 0 Å². The van der Waals surface area contributed by atoms with Crippen molar-refractivity contribution >= 4 is 10.9 Å². The molecule has 7 aromatic rings. The first-order valence-electron chi connectivity index (χ1n) is 13.6. The van der Waals surface area contributed by atoms with Gasteiger partial charge < -0.3 is 4.57 Å². The van der Waals surface area contributed by atoms with E-state index in [1.807, 2.05) is 42.7 Å². The lowest BCUT2D eigenvalue weighted by molar-refractivity contribution is 0.769. The molecule has 0 amide bonds. The molecule has 2 aromatic heterocycles. The third-order valence-corrected chi connectivity index (χ3v) is 8.22.